The van der Waals surface area contributed by atoms with Crippen LogP contribution in [0.15, 0.2) is 18.2 Å². The van der Waals surface area contributed by atoms with Crippen molar-refractivity contribution < 1.29 is 19.6 Å². The minimum absolute atomic E-state index is 0.0326. The lowest BCUT2D eigenvalue weighted by Crippen LogP contribution is -2.41. The highest BCUT2D eigenvalue weighted by Crippen LogP contribution is 2.11. The Hall–Kier alpha value is -1.37. The summed E-state index contributed by atoms with van der Waals surface area (Å²) in [5.74, 6) is -0.0326. The predicted octanol–water partition coefficient (Wildman–Crippen LogP) is -0.853. The summed E-state index contributed by atoms with van der Waals surface area (Å²) in [6.07, 6.45) is 0. The summed E-state index contributed by atoms with van der Waals surface area (Å²) in [7, 11) is -1.50. The van der Waals surface area contributed by atoms with E-state index in [1.165, 1.54) is 0 Å². The first-order valence-electron chi connectivity index (χ1n) is 5.93. The van der Waals surface area contributed by atoms with Crippen molar-refractivity contribution in [3.63, 3.8) is 0 Å². The molecule has 0 radical (unpaired) electrons. The fraction of sp³-hybridized carbons (Fsp3) is 0.417. The number of carbonyl (C=O) groups is 1. The highest BCUT2D eigenvalue weighted by Gasteiger charge is 2.21. The molecule has 0 spiro atoms. The standard InChI is InChI=1S/C12H16BNO4/c1-9-8-10(13(16)17)2-3-11(9)12(15)14-4-6-18-7-5-14/h2-3,8,16-17H,4-7H2,1H3. The molecule has 96 valence electrons. The van der Waals surface area contributed by atoms with Gasteiger partial charge in [0.25, 0.3) is 5.91 Å². The van der Waals surface area contributed by atoms with E-state index in [4.69, 9.17) is 14.8 Å². The van der Waals surface area contributed by atoms with Crippen molar-refractivity contribution in [2.24, 2.45) is 0 Å². The smallest absolute Gasteiger partial charge is 0.423 e. The van der Waals surface area contributed by atoms with E-state index in [-0.39, 0.29) is 5.91 Å². The van der Waals surface area contributed by atoms with E-state index in [2.05, 4.69) is 0 Å². The second-order valence-corrected chi connectivity index (χ2v) is 4.35. The van der Waals surface area contributed by atoms with Crippen LogP contribution in [0.1, 0.15) is 15.9 Å². The quantitative estimate of drug-likeness (QED) is 0.669. The molecule has 6 heteroatoms. The van der Waals surface area contributed by atoms with Crippen molar-refractivity contribution in [3.05, 3.63) is 29.3 Å². The first-order valence-corrected chi connectivity index (χ1v) is 5.93. The number of carbonyl (C=O) groups excluding carboxylic acids is 1. The van der Waals surface area contributed by atoms with Crippen molar-refractivity contribution >= 4 is 18.5 Å². The lowest BCUT2D eigenvalue weighted by Gasteiger charge is -2.27. The Morgan fingerprint density at radius 2 is 2.00 bits per heavy atom. The van der Waals surface area contributed by atoms with Crippen LogP contribution in [-0.4, -0.2) is 54.3 Å². The number of nitrogens with zero attached hydrogens (tertiary/aromatic N) is 1. The van der Waals surface area contributed by atoms with E-state index in [1.807, 2.05) is 0 Å². The maximum Gasteiger partial charge on any atom is 0.488 e. The molecule has 1 aromatic rings. The molecule has 5 nitrogen and oxygen atoms in total. The van der Waals surface area contributed by atoms with Gasteiger partial charge in [0.2, 0.25) is 0 Å². The first-order chi connectivity index (χ1) is 8.59. The first kappa shape index (κ1) is 13.1. The molecule has 0 saturated carbocycles. The van der Waals surface area contributed by atoms with Gasteiger partial charge in [-0.05, 0) is 24.0 Å². The maximum atomic E-state index is 12.2. The molecule has 1 amide bonds. The number of hydrogen-bond donors (Lipinski definition) is 2. The zero-order chi connectivity index (χ0) is 13.1. The van der Waals surface area contributed by atoms with Crippen LogP contribution in [-0.2, 0) is 4.74 Å². The molecule has 1 saturated heterocycles. The van der Waals surface area contributed by atoms with E-state index in [1.54, 1.807) is 30.0 Å². The van der Waals surface area contributed by atoms with Gasteiger partial charge in [-0.3, -0.25) is 4.79 Å². The molecule has 1 heterocycles. The van der Waals surface area contributed by atoms with Gasteiger partial charge in [0.05, 0.1) is 13.2 Å². The molecule has 18 heavy (non-hydrogen) atoms. The second kappa shape index (κ2) is 5.52. The largest absolute Gasteiger partial charge is 0.488 e. The Labute approximate surface area is 106 Å². The van der Waals surface area contributed by atoms with E-state index in [9.17, 15) is 4.79 Å². The molecule has 0 unspecified atom stereocenters. The molecule has 1 aromatic carbocycles. The molecular weight excluding hydrogens is 233 g/mol. The summed E-state index contributed by atoms with van der Waals surface area (Å²) in [4.78, 5) is 14.0. The number of benzene rings is 1. The Bertz CT molecular complexity index is 444. The topological polar surface area (TPSA) is 70.0 Å². The summed E-state index contributed by atoms with van der Waals surface area (Å²) in [5.41, 5.74) is 1.74. The zero-order valence-corrected chi connectivity index (χ0v) is 10.3. The van der Waals surface area contributed by atoms with Gasteiger partial charge < -0.3 is 19.7 Å². The van der Waals surface area contributed by atoms with Gasteiger partial charge >= 0.3 is 7.12 Å². The molecule has 2 rings (SSSR count). The number of morpholine rings is 1. The van der Waals surface area contributed by atoms with Gasteiger partial charge in [-0.2, -0.15) is 0 Å². The third-order valence-corrected chi connectivity index (χ3v) is 3.08. The highest BCUT2D eigenvalue weighted by atomic mass is 16.5. The van der Waals surface area contributed by atoms with Gasteiger partial charge in [-0.25, -0.2) is 0 Å². The SMILES string of the molecule is Cc1cc(B(O)O)ccc1C(=O)N1CCOCC1. The minimum Gasteiger partial charge on any atom is -0.423 e. The van der Waals surface area contributed by atoms with E-state index < -0.39 is 7.12 Å². The van der Waals surface area contributed by atoms with Crippen LogP contribution < -0.4 is 5.46 Å². The van der Waals surface area contributed by atoms with Crippen LogP contribution in [0.5, 0.6) is 0 Å². The lowest BCUT2D eigenvalue weighted by molar-refractivity contribution is 0.0302. The Morgan fingerprint density at radius 3 is 2.56 bits per heavy atom. The van der Waals surface area contributed by atoms with Crippen molar-refractivity contribution in [1.29, 1.82) is 0 Å². The normalized spacial score (nSPS) is 15.6. The molecule has 1 fully saturated rings. The van der Waals surface area contributed by atoms with Gasteiger partial charge in [-0.1, -0.05) is 12.1 Å². The second-order valence-electron chi connectivity index (χ2n) is 4.35. The van der Waals surface area contributed by atoms with E-state index in [0.717, 1.165) is 5.56 Å². The molecule has 1 aliphatic heterocycles. The van der Waals surface area contributed by atoms with Crippen LogP contribution in [0.25, 0.3) is 0 Å². The third-order valence-electron chi connectivity index (χ3n) is 3.08. The Kier molecular flexibility index (Phi) is 4.01. The fourth-order valence-corrected chi connectivity index (χ4v) is 2.02. The molecule has 0 atom stereocenters. The average Bonchev–Trinajstić information content (AvgIpc) is 2.38. The van der Waals surface area contributed by atoms with Crippen molar-refractivity contribution in [2.75, 3.05) is 26.3 Å². The van der Waals surface area contributed by atoms with Crippen LogP contribution in [0.2, 0.25) is 0 Å². The highest BCUT2D eigenvalue weighted by molar-refractivity contribution is 6.58. The lowest BCUT2D eigenvalue weighted by atomic mass is 9.79. The summed E-state index contributed by atoms with van der Waals surface area (Å²) in [5, 5.41) is 18.1. The predicted molar refractivity (Wildman–Crippen MR) is 67.7 cm³/mol. The monoisotopic (exact) mass is 249 g/mol. The third kappa shape index (κ3) is 2.72. The number of hydrogen-bond acceptors (Lipinski definition) is 4. The number of rotatable bonds is 2. The number of amides is 1. The van der Waals surface area contributed by atoms with Crippen molar-refractivity contribution in [3.8, 4) is 0 Å². The number of ether oxygens (including phenoxy) is 1. The number of aryl methyl sites for hydroxylation is 1. The van der Waals surface area contributed by atoms with Crippen LogP contribution in [0, 0.1) is 6.92 Å². The van der Waals surface area contributed by atoms with E-state index in [0.29, 0.717) is 37.3 Å². The van der Waals surface area contributed by atoms with Crippen LogP contribution >= 0.6 is 0 Å². The summed E-state index contributed by atoms with van der Waals surface area (Å²) in [6.45, 7) is 4.13. The van der Waals surface area contributed by atoms with Crippen LogP contribution in [0.4, 0.5) is 0 Å². The molecule has 2 N–H and O–H groups in total. The molecular formula is C12H16BNO4. The Morgan fingerprint density at radius 1 is 1.33 bits per heavy atom. The van der Waals surface area contributed by atoms with Crippen LogP contribution in [0.3, 0.4) is 0 Å². The molecule has 0 aromatic heterocycles. The van der Waals surface area contributed by atoms with Gasteiger partial charge in [-0.15, -0.1) is 0 Å². The van der Waals surface area contributed by atoms with Gasteiger partial charge in [0, 0.05) is 18.7 Å². The van der Waals surface area contributed by atoms with Gasteiger partial charge in [0.15, 0.2) is 0 Å². The maximum absolute atomic E-state index is 12.2. The average molecular weight is 249 g/mol. The minimum atomic E-state index is -1.50. The van der Waals surface area contributed by atoms with Crippen molar-refractivity contribution in [2.45, 2.75) is 6.92 Å². The molecule has 0 aliphatic carbocycles. The molecule has 1 aliphatic rings. The summed E-state index contributed by atoms with van der Waals surface area (Å²) >= 11 is 0. The Balaban J connectivity index is 2.19. The molecule has 0 bridgehead atoms. The van der Waals surface area contributed by atoms with Gasteiger partial charge in [0.1, 0.15) is 0 Å². The zero-order valence-electron chi connectivity index (χ0n) is 10.3. The summed E-state index contributed by atoms with van der Waals surface area (Å²) < 4.78 is 5.21. The van der Waals surface area contributed by atoms with E-state index >= 15 is 0 Å². The fourth-order valence-electron chi connectivity index (χ4n) is 2.02. The summed E-state index contributed by atoms with van der Waals surface area (Å²) in [6, 6.07) is 4.82. The van der Waals surface area contributed by atoms with Crippen molar-refractivity contribution in [1.82, 2.24) is 4.90 Å².